The van der Waals surface area contributed by atoms with E-state index < -0.39 is 0 Å². The number of aliphatic hydroxyl groups is 1. The van der Waals surface area contributed by atoms with Crippen LogP contribution in [0.3, 0.4) is 0 Å². The number of likely N-dealkylation sites (tertiary alicyclic amines) is 1. The number of carbonyl (C=O) groups is 1. The van der Waals surface area contributed by atoms with Crippen molar-refractivity contribution in [2.75, 3.05) is 44.3 Å². The smallest absolute Gasteiger partial charge is 0.292 e. The first-order chi connectivity index (χ1) is 13.2. The SMILES string of the molecule is Cn1c(CO)nnc1C1CCCN(C(=O)c2cc(N3CCOCC3)no2)C1. The Morgan fingerprint density at radius 2 is 2.11 bits per heavy atom. The minimum atomic E-state index is -0.156. The van der Waals surface area contributed by atoms with E-state index in [2.05, 4.69) is 20.3 Å². The third kappa shape index (κ3) is 3.54. The number of ether oxygens (including phenoxy) is 1. The summed E-state index contributed by atoms with van der Waals surface area (Å²) in [5, 5.41) is 21.6. The maximum Gasteiger partial charge on any atom is 0.292 e. The number of piperidine rings is 1. The molecule has 2 saturated heterocycles. The monoisotopic (exact) mass is 376 g/mol. The second kappa shape index (κ2) is 7.65. The fourth-order valence-electron chi connectivity index (χ4n) is 3.70. The Bertz CT molecular complexity index is 797. The summed E-state index contributed by atoms with van der Waals surface area (Å²) < 4.78 is 12.5. The van der Waals surface area contributed by atoms with Crippen molar-refractivity contribution in [1.82, 2.24) is 24.8 Å². The molecular weight excluding hydrogens is 352 g/mol. The molecule has 2 aromatic heterocycles. The number of anilines is 1. The molecule has 4 rings (SSSR count). The molecule has 0 aliphatic carbocycles. The van der Waals surface area contributed by atoms with Crippen LogP contribution in [0.4, 0.5) is 5.82 Å². The van der Waals surface area contributed by atoms with Crippen LogP contribution in [-0.4, -0.2) is 75.2 Å². The summed E-state index contributed by atoms with van der Waals surface area (Å²) in [6, 6.07) is 1.71. The molecule has 1 atom stereocenters. The van der Waals surface area contributed by atoms with E-state index in [1.165, 1.54) is 0 Å². The maximum atomic E-state index is 12.9. The number of rotatable bonds is 4. The first-order valence-corrected chi connectivity index (χ1v) is 9.25. The second-order valence-electron chi connectivity index (χ2n) is 6.93. The highest BCUT2D eigenvalue weighted by atomic mass is 16.5. The first-order valence-electron chi connectivity index (χ1n) is 9.25. The molecule has 146 valence electrons. The van der Waals surface area contributed by atoms with Crippen LogP contribution in [0, 0.1) is 0 Å². The summed E-state index contributed by atoms with van der Waals surface area (Å²) in [4.78, 5) is 16.7. The Hall–Kier alpha value is -2.46. The number of aromatic nitrogens is 4. The van der Waals surface area contributed by atoms with Crippen LogP contribution < -0.4 is 4.90 Å². The molecule has 2 aliphatic heterocycles. The largest absolute Gasteiger partial charge is 0.388 e. The highest BCUT2D eigenvalue weighted by Gasteiger charge is 2.31. The van der Waals surface area contributed by atoms with E-state index in [9.17, 15) is 9.90 Å². The molecular formula is C17H24N6O4. The lowest BCUT2D eigenvalue weighted by Gasteiger charge is -2.31. The summed E-state index contributed by atoms with van der Waals surface area (Å²) >= 11 is 0. The molecule has 10 nitrogen and oxygen atoms in total. The van der Waals surface area contributed by atoms with Gasteiger partial charge in [0.2, 0.25) is 5.76 Å². The highest BCUT2D eigenvalue weighted by Crippen LogP contribution is 2.27. The summed E-state index contributed by atoms with van der Waals surface area (Å²) in [6.45, 7) is 3.85. The zero-order valence-corrected chi connectivity index (χ0v) is 15.4. The lowest BCUT2D eigenvalue weighted by Crippen LogP contribution is -2.39. The van der Waals surface area contributed by atoms with Gasteiger partial charge in [0, 0.05) is 45.2 Å². The Morgan fingerprint density at radius 1 is 1.30 bits per heavy atom. The van der Waals surface area contributed by atoms with Crippen molar-refractivity contribution in [3.63, 3.8) is 0 Å². The Kier molecular flexibility index (Phi) is 5.08. The molecule has 2 aliphatic rings. The van der Waals surface area contributed by atoms with Crippen LogP contribution in [0.1, 0.15) is 41.0 Å². The quantitative estimate of drug-likeness (QED) is 0.803. The summed E-state index contributed by atoms with van der Waals surface area (Å²) in [5.41, 5.74) is 0. The molecule has 0 bridgehead atoms. The predicted octanol–water partition coefficient (Wildman–Crippen LogP) is 0.152. The van der Waals surface area contributed by atoms with Crippen LogP contribution in [0.25, 0.3) is 0 Å². The molecule has 1 amide bonds. The van der Waals surface area contributed by atoms with E-state index in [1.54, 1.807) is 11.0 Å². The average molecular weight is 376 g/mol. The Morgan fingerprint density at radius 3 is 2.85 bits per heavy atom. The average Bonchev–Trinajstić information content (AvgIpc) is 3.35. The molecule has 2 aromatic rings. The normalized spacial score (nSPS) is 20.9. The van der Waals surface area contributed by atoms with E-state index in [1.807, 2.05) is 11.6 Å². The molecule has 1 N–H and O–H groups in total. The van der Waals surface area contributed by atoms with E-state index in [-0.39, 0.29) is 24.2 Å². The van der Waals surface area contributed by atoms with Gasteiger partial charge in [-0.25, -0.2) is 0 Å². The van der Waals surface area contributed by atoms with Gasteiger partial charge in [0.1, 0.15) is 12.4 Å². The van der Waals surface area contributed by atoms with Gasteiger partial charge in [-0.15, -0.1) is 10.2 Å². The van der Waals surface area contributed by atoms with Crippen LogP contribution in [-0.2, 0) is 18.4 Å². The van der Waals surface area contributed by atoms with Crippen molar-refractivity contribution in [3.8, 4) is 0 Å². The molecule has 1 unspecified atom stereocenters. The number of morpholine rings is 1. The van der Waals surface area contributed by atoms with Crippen LogP contribution in [0.5, 0.6) is 0 Å². The van der Waals surface area contributed by atoms with Crippen molar-refractivity contribution < 1.29 is 19.2 Å². The van der Waals surface area contributed by atoms with Gasteiger partial charge in [-0.05, 0) is 12.8 Å². The van der Waals surface area contributed by atoms with E-state index in [0.29, 0.717) is 37.9 Å². The number of hydrogen-bond acceptors (Lipinski definition) is 8. The second-order valence-corrected chi connectivity index (χ2v) is 6.93. The third-order valence-corrected chi connectivity index (χ3v) is 5.26. The number of nitrogens with zero attached hydrogens (tertiary/aromatic N) is 6. The van der Waals surface area contributed by atoms with Crippen molar-refractivity contribution in [1.29, 1.82) is 0 Å². The molecule has 2 fully saturated rings. The van der Waals surface area contributed by atoms with Gasteiger partial charge >= 0.3 is 0 Å². The van der Waals surface area contributed by atoms with Crippen LogP contribution >= 0.6 is 0 Å². The van der Waals surface area contributed by atoms with Crippen LogP contribution in [0.15, 0.2) is 10.6 Å². The van der Waals surface area contributed by atoms with Crippen LogP contribution in [0.2, 0.25) is 0 Å². The van der Waals surface area contributed by atoms with Crippen molar-refractivity contribution in [3.05, 3.63) is 23.5 Å². The van der Waals surface area contributed by atoms with Gasteiger partial charge < -0.3 is 28.7 Å². The third-order valence-electron chi connectivity index (χ3n) is 5.26. The van der Waals surface area contributed by atoms with E-state index in [4.69, 9.17) is 9.26 Å². The fourth-order valence-corrected chi connectivity index (χ4v) is 3.70. The highest BCUT2D eigenvalue weighted by molar-refractivity contribution is 5.92. The maximum absolute atomic E-state index is 12.9. The topological polar surface area (TPSA) is 110 Å². The molecule has 0 spiro atoms. The summed E-state index contributed by atoms with van der Waals surface area (Å²) in [5.74, 6) is 2.18. The lowest BCUT2D eigenvalue weighted by molar-refractivity contribution is 0.0661. The van der Waals surface area contributed by atoms with Crippen molar-refractivity contribution in [2.45, 2.75) is 25.4 Å². The molecule has 4 heterocycles. The Balaban J connectivity index is 1.45. The van der Waals surface area contributed by atoms with Crippen molar-refractivity contribution >= 4 is 11.7 Å². The van der Waals surface area contributed by atoms with E-state index in [0.717, 1.165) is 31.8 Å². The lowest BCUT2D eigenvalue weighted by atomic mass is 9.97. The van der Waals surface area contributed by atoms with Gasteiger partial charge in [-0.3, -0.25) is 4.79 Å². The number of aliphatic hydroxyl groups excluding tert-OH is 1. The zero-order chi connectivity index (χ0) is 18.8. The predicted molar refractivity (Wildman–Crippen MR) is 94.3 cm³/mol. The first kappa shape index (κ1) is 17.9. The summed E-state index contributed by atoms with van der Waals surface area (Å²) in [7, 11) is 1.84. The fraction of sp³-hybridized carbons (Fsp3) is 0.647. The molecule has 0 saturated carbocycles. The van der Waals surface area contributed by atoms with Gasteiger partial charge in [0.05, 0.1) is 13.2 Å². The molecule has 0 radical (unpaired) electrons. The zero-order valence-electron chi connectivity index (χ0n) is 15.4. The standard InChI is InChI=1S/C17H24N6O4/c1-21-15(11-24)18-19-16(21)12-3-2-4-23(10-12)17(25)13-9-14(20-27-13)22-5-7-26-8-6-22/h9,12,24H,2-8,10-11H2,1H3. The van der Waals surface area contributed by atoms with Crippen molar-refractivity contribution in [2.24, 2.45) is 7.05 Å². The van der Waals surface area contributed by atoms with Gasteiger partial charge in [-0.2, -0.15) is 0 Å². The molecule has 0 aromatic carbocycles. The Labute approximate surface area is 156 Å². The van der Waals surface area contributed by atoms with Gasteiger partial charge in [-0.1, -0.05) is 5.16 Å². The van der Waals surface area contributed by atoms with Gasteiger partial charge in [0.25, 0.3) is 5.91 Å². The molecule has 27 heavy (non-hydrogen) atoms. The molecule has 10 heteroatoms. The summed E-state index contributed by atoms with van der Waals surface area (Å²) in [6.07, 6.45) is 1.80. The van der Waals surface area contributed by atoms with E-state index >= 15 is 0 Å². The van der Waals surface area contributed by atoms with Gasteiger partial charge in [0.15, 0.2) is 11.6 Å². The number of carbonyl (C=O) groups excluding carboxylic acids is 1. The number of amides is 1. The number of hydrogen-bond donors (Lipinski definition) is 1. The minimum Gasteiger partial charge on any atom is -0.388 e. The minimum absolute atomic E-state index is 0.0853.